The second kappa shape index (κ2) is 10.2. The van der Waals surface area contributed by atoms with Crippen molar-refractivity contribution in [1.29, 1.82) is 0 Å². The Bertz CT molecular complexity index is 1480. The van der Waals surface area contributed by atoms with Gasteiger partial charge in [0.1, 0.15) is 35.9 Å². The van der Waals surface area contributed by atoms with Crippen LogP contribution >= 0.6 is 0 Å². The molecule has 0 saturated heterocycles. The van der Waals surface area contributed by atoms with Crippen molar-refractivity contribution in [2.24, 2.45) is 16.7 Å². The molecule has 218 valence electrons. The van der Waals surface area contributed by atoms with Gasteiger partial charge in [0.2, 0.25) is 0 Å². The Labute approximate surface area is 238 Å². The van der Waals surface area contributed by atoms with Crippen molar-refractivity contribution in [3.63, 3.8) is 0 Å². The number of hydrogen-bond acceptors (Lipinski definition) is 10. The Morgan fingerprint density at radius 2 is 1.76 bits per heavy atom. The predicted octanol–water partition coefficient (Wildman–Crippen LogP) is 4.49. The molecular weight excluding hydrogens is 530 g/mol. The molecule has 10 nitrogen and oxygen atoms in total. The van der Waals surface area contributed by atoms with Crippen LogP contribution in [0.5, 0.6) is 5.75 Å². The molecule has 0 amide bonds. The molecule has 1 aliphatic heterocycles. The van der Waals surface area contributed by atoms with Crippen molar-refractivity contribution < 1.29 is 37.7 Å². The van der Waals surface area contributed by atoms with Crippen LogP contribution in [0.4, 0.5) is 0 Å². The summed E-state index contributed by atoms with van der Waals surface area (Å²) in [6.07, 6.45) is 5.18. The van der Waals surface area contributed by atoms with E-state index in [4.69, 9.17) is 23.4 Å². The van der Waals surface area contributed by atoms with Gasteiger partial charge in [-0.05, 0) is 61.3 Å². The average molecular weight is 566 g/mol. The summed E-state index contributed by atoms with van der Waals surface area (Å²) in [6.45, 7) is 9.93. The van der Waals surface area contributed by atoms with Crippen LogP contribution in [-0.4, -0.2) is 47.3 Å². The zero-order valence-corrected chi connectivity index (χ0v) is 24.1. The van der Waals surface area contributed by atoms with Gasteiger partial charge in [-0.1, -0.05) is 13.8 Å². The van der Waals surface area contributed by atoms with E-state index in [-0.39, 0.29) is 18.1 Å². The van der Waals surface area contributed by atoms with Gasteiger partial charge >= 0.3 is 23.5 Å². The zero-order chi connectivity index (χ0) is 29.7. The molecule has 0 spiro atoms. The zero-order valence-electron chi connectivity index (χ0n) is 24.1. The molecule has 0 N–H and O–H groups in total. The van der Waals surface area contributed by atoms with E-state index < -0.39 is 52.2 Å². The highest BCUT2D eigenvalue weighted by atomic mass is 16.6. The SMILES string of the molecule is CC(=O)OC[C@]1(C)[C@@H](OC(C)=O)CC[C@]2(C)C3=Cc4c(cc(-c5cccnc5)oc4=O)O[C@]3(C)[C@@H](OC(C)=O)C[C@@H]12. The summed E-state index contributed by atoms with van der Waals surface area (Å²) in [5.74, 6) is -1.01. The van der Waals surface area contributed by atoms with Crippen LogP contribution < -0.4 is 10.4 Å². The first kappa shape index (κ1) is 28.6. The smallest absolute Gasteiger partial charge is 0.347 e. The lowest BCUT2D eigenvalue weighted by atomic mass is 9.45. The second-order valence-electron chi connectivity index (χ2n) is 11.9. The maximum Gasteiger partial charge on any atom is 0.347 e. The molecule has 2 aliphatic carbocycles. The van der Waals surface area contributed by atoms with Crippen LogP contribution in [0, 0.1) is 16.7 Å². The van der Waals surface area contributed by atoms with E-state index >= 15 is 0 Å². The predicted molar refractivity (Wildman–Crippen MR) is 147 cm³/mol. The maximum absolute atomic E-state index is 13.3. The minimum atomic E-state index is -1.11. The molecule has 6 atom stereocenters. The molecule has 10 heteroatoms. The van der Waals surface area contributed by atoms with Crippen LogP contribution in [0.2, 0.25) is 0 Å². The number of carbonyl (C=O) groups excluding carboxylic acids is 3. The topological polar surface area (TPSA) is 131 Å². The molecule has 0 unspecified atom stereocenters. The van der Waals surface area contributed by atoms with Gasteiger partial charge in [0.15, 0.2) is 5.60 Å². The van der Waals surface area contributed by atoms with Gasteiger partial charge in [0.25, 0.3) is 0 Å². The van der Waals surface area contributed by atoms with Crippen LogP contribution in [0.15, 0.2) is 45.4 Å². The molecule has 2 aromatic rings. The summed E-state index contributed by atoms with van der Waals surface area (Å²) >= 11 is 0. The summed E-state index contributed by atoms with van der Waals surface area (Å²) < 4.78 is 29.6. The number of nitrogens with zero attached hydrogens (tertiary/aromatic N) is 1. The van der Waals surface area contributed by atoms with Crippen LogP contribution in [0.3, 0.4) is 0 Å². The third kappa shape index (κ3) is 4.83. The molecule has 2 aromatic heterocycles. The molecular formula is C31H35NO9. The lowest BCUT2D eigenvalue weighted by Crippen LogP contribution is -2.66. The summed E-state index contributed by atoms with van der Waals surface area (Å²) in [7, 11) is 0. The first-order chi connectivity index (χ1) is 19.3. The van der Waals surface area contributed by atoms with E-state index in [0.29, 0.717) is 36.3 Å². The molecule has 0 bridgehead atoms. The van der Waals surface area contributed by atoms with Gasteiger partial charge in [0.05, 0.1) is 0 Å². The fourth-order valence-electron chi connectivity index (χ4n) is 7.27. The molecule has 5 rings (SSSR count). The van der Waals surface area contributed by atoms with E-state index in [1.807, 2.05) is 13.8 Å². The number of hydrogen-bond donors (Lipinski definition) is 0. The molecule has 41 heavy (non-hydrogen) atoms. The third-order valence-corrected chi connectivity index (χ3v) is 9.15. The summed E-state index contributed by atoms with van der Waals surface area (Å²) in [5.41, 5.74) is -1.44. The Morgan fingerprint density at radius 3 is 2.39 bits per heavy atom. The number of rotatable bonds is 5. The van der Waals surface area contributed by atoms with E-state index in [0.717, 1.165) is 5.57 Å². The first-order valence-electron chi connectivity index (χ1n) is 13.8. The first-order valence-corrected chi connectivity index (χ1v) is 13.8. The average Bonchev–Trinajstić information content (AvgIpc) is 2.90. The lowest BCUT2D eigenvalue weighted by Gasteiger charge is -2.63. The number of aromatic nitrogens is 1. The van der Waals surface area contributed by atoms with E-state index in [9.17, 15) is 19.2 Å². The van der Waals surface area contributed by atoms with Gasteiger partial charge in [-0.3, -0.25) is 19.4 Å². The van der Waals surface area contributed by atoms with Crippen molar-refractivity contribution in [1.82, 2.24) is 4.98 Å². The van der Waals surface area contributed by atoms with Gasteiger partial charge in [-0.25, -0.2) is 4.79 Å². The minimum Gasteiger partial charge on any atom is -0.478 e. The molecule has 3 heterocycles. The van der Waals surface area contributed by atoms with Gasteiger partial charge in [-0.15, -0.1) is 0 Å². The van der Waals surface area contributed by atoms with Crippen molar-refractivity contribution in [3.8, 4) is 17.1 Å². The van der Waals surface area contributed by atoms with Crippen molar-refractivity contribution in [2.75, 3.05) is 6.61 Å². The highest BCUT2D eigenvalue weighted by Gasteiger charge is 2.66. The van der Waals surface area contributed by atoms with Crippen LogP contribution in [-0.2, 0) is 28.6 Å². The molecule has 2 fully saturated rings. The van der Waals surface area contributed by atoms with Crippen molar-refractivity contribution >= 4 is 24.0 Å². The second-order valence-corrected chi connectivity index (χ2v) is 11.9. The van der Waals surface area contributed by atoms with Crippen LogP contribution in [0.1, 0.15) is 66.4 Å². The Kier molecular flexibility index (Phi) is 7.07. The number of pyridine rings is 1. The van der Waals surface area contributed by atoms with Crippen molar-refractivity contribution in [3.05, 3.63) is 52.1 Å². The number of esters is 3. The largest absolute Gasteiger partial charge is 0.478 e. The Balaban J connectivity index is 1.68. The number of carbonyl (C=O) groups is 3. The van der Waals surface area contributed by atoms with Gasteiger partial charge < -0.3 is 23.4 Å². The van der Waals surface area contributed by atoms with E-state index in [1.54, 1.807) is 36.7 Å². The summed E-state index contributed by atoms with van der Waals surface area (Å²) in [4.78, 5) is 53.8. The standard InChI is InChI=1S/C31H35NO9/c1-17(33)37-16-30(5)24-14-27(39-19(3)35)31(6)25(29(24,4)10-9-26(30)38-18(2)34)12-21-23(41-31)13-22(40-28(21)36)20-8-7-11-32-15-20/h7-8,11-13,15,24,26-27H,9-10,14,16H2,1-6H3/t24-,26+,27+,29+,30+,31+/m1/s1. The summed E-state index contributed by atoms with van der Waals surface area (Å²) in [6, 6.07) is 5.18. The number of fused-ring (bicyclic) bond motifs is 4. The molecule has 0 radical (unpaired) electrons. The van der Waals surface area contributed by atoms with Crippen LogP contribution in [0.25, 0.3) is 17.4 Å². The van der Waals surface area contributed by atoms with Gasteiger partial charge in [0, 0.05) is 50.2 Å². The number of ether oxygens (including phenoxy) is 4. The molecule has 3 aliphatic rings. The quantitative estimate of drug-likeness (QED) is 0.377. The third-order valence-electron chi connectivity index (χ3n) is 9.15. The van der Waals surface area contributed by atoms with Gasteiger partial charge in [-0.2, -0.15) is 0 Å². The minimum absolute atomic E-state index is 0.00533. The van der Waals surface area contributed by atoms with Crippen molar-refractivity contribution in [2.45, 2.75) is 78.6 Å². The highest BCUT2D eigenvalue weighted by Crippen LogP contribution is 2.65. The normalized spacial score (nSPS) is 31.8. The molecule has 0 aromatic carbocycles. The van der Waals surface area contributed by atoms with E-state index in [2.05, 4.69) is 11.9 Å². The van der Waals surface area contributed by atoms with E-state index in [1.165, 1.54) is 20.8 Å². The monoisotopic (exact) mass is 565 g/mol. The fraction of sp³-hybridized carbons (Fsp3) is 0.516. The Hall–Kier alpha value is -3.95. The lowest BCUT2D eigenvalue weighted by molar-refractivity contribution is -0.203. The maximum atomic E-state index is 13.3. The summed E-state index contributed by atoms with van der Waals surface area (Å²) in [5, 5.41) is 0. The fourth-order valence-corrected chi connectivity index (χ4v) is 7.27. The highest BCUT2D eigenvalue weighted by molar-refractivity contribution is 5.71. The Morgan fingerprint density at radius 1 is 1.05 bits per heavy atom. The molecule has 2 saturated carbocycles.